The van der Waals surface area contributed by atoms with Gasteiger partial charge in [-0.2, -0.15) is 0 Å². The van der Waals surface area contributed by atoms with Crippen molar-refractivity contribution in [1.29, 1.82) is 0 Å². The van der Waals surface area contributed by atoms with E-state index >= 15 is 0 Å². The number of ether oxygens (including phenoxy) is 1. The van der Waals surface area contributed by atoms with Crippen molar-refractivity contribution in [3.8, 4) is 0 Å². The Hall–Kier alpha value is -1.60. The molecule has 0 aromatic heterocycles. The first-order valence-electron chi connectivity index (χ1n) is 8.47. The third kappa shape index (κ3) is 2.04. The highest BCUT2D eigenvalue weighted by molar-refractivity contribution is 7.85. The van der Waals surface area contributed by atoms with Crippen LogP contribution in [0.15, 0.2) is 18.2 Å². The maximum Gasteiger partial charge on any atom is 0.415 e. The number of hydrogen-bond donors (Lipinski definition) is 1. The van der Waals surface area contributed by atoms with Crippen molar-refractivity contribution in [3.05, 3.63) is 23.8 Å². The van der Waals surface area contributed by atoms with Crippen LogP contribution in [0.2, 0.25) is 0 Å². The van der Waals surface area contributed by atoms with Crippen LogP contribution < -0.4 is 9.80 Å². The Balaban J connectivity index is 1.40. The molecule has 1 N–H and O–H groups in total. The highest BCUT2D eigenvalue weighted by Gasteiger charge is 2.47. The van der Waals surface area contributed by atoms with Gasteiger partial charge in [0.25, 0.3) is 0 Å². The standard InChI is InChI=1S/C17H20N2O4S/c20-7-16-15-4-10-3-13(1-2-14(10)19(15)17(21)23-16)18-5-11-8-24(22)9-12(11)6-18/h1-3,11-12,15-16,20H,4-9H2/t11?,12?,15-,16-,24?/m0/s1. The van der Waals surface area contributed by atoms with Crippen LogP contribution in [0.25, 0.3) is 0 Å². The number of benzene rings is 1. The second kappa shape index (κ2) is 5.20. The van der Waals surface area contributed by atoms with Gasteiger partial charge in [0.15, 0.2) is 0 Å². The molecule has 5 rings (SSSR count). The highest BCUT2D eigenvalue weighted by atomic mass is 32.2. The van der Waals surface area contributed by atoms with E-state index in [1.807, 2.05) is 6.07 Å². The molecule has 3 saturated heterocycles. The van der Waals surface area contributed by atoms with Crippen molar-refractivity contribution >= 4 is 28.3 Å². The number of rotatable bonds is 2. The van der Waals surface area contributed by atoms with Crippen molar-refractivity contribution in [3.63, 3.8) is 0 Å². The number of aliphatic hydroxyl groups excluding tert-OH is 1. The summed E-state index contributed by atoms with van der Waals surface area (Å²) in [6, 6.07) is 6.15. The zero-order chi connectivity index (χ0) is 16.4. The third-order valence-electron chi connectivity index (χ3n) is 5.88. The van der Waals surface area contributed by atoms with Crippen LogP contribution in [0.4, 0.5) is 16.2 Å². The molecular weight excluding hydrogens is 328 g/mol. The van der Waals surface area contributed by atoms with E-state index in [9.17, 15) is 14.1 Å². The summed E-state index contributed by atoms with van der Waals surface area (Å²) in [4.78, 5) is 16.1. The van der Waals surface area contributed by atoms with E-state index in [0.717, 1.165) is 42.3 Å². The van der Waals surface area contributed by atoms with Gasteiger partial charge in [-0.1, -0.05) is 0 Å². The Morgan fingerprint density at radius 3 is 2.71 bits per heavy atom. The number of carbonyl (C=O) groups excluding carboxylic acids is 1. The third-order valence-corrected chi connectivity index (χ3v) is 7.48. The van der Waals surface area contributed by atoms with Crippen LogP contribution in [-0.4, -0.2) is 58.8 Å². The van der Waals surface area contributed by atoms with E-state index in [2.05, 4.69) is 17.0 Å². The summed E-state index contributed by atoms with van der Waals surface area (Å²) >= 11 is 0. The van der Waals surface area contributed by atoms with Gasteiger partial charge in [-0.25, -0.2) is 4.79 Å². The summed E-state index contributed by atoms with van der Waals surface area (Å²) < 4.78 is 16.9. The average Bonchev–Trinajstić information content (AvgIpc) is 3.26. The van der Waals surface area contributed by atoms with Gasteiger partial charge in [0.05, 0.1) is 18.3 Å². The Kier molecular flexibility index (Phi) is 3.19. The quantitative estimate of drug-likeness (QED) is 0.854. The topological polar surface area (TPSA) is 70.1 Å². The van der Waals surface area contributed by atoms with E-state index in [0.29, 0.717) is 11.8 Å². The fourth-order valence-electron chi connectivity index (χ4n) is 4.69. The minimum absolute atomic E-state index is 0.0897. The molecule has 0 saturated carbocycles. The molecule has 7 heteroatoms. The van der Waals surface area contributed by atoms with E-state index in [1.54, 1.807) is 4.90 Å². The van der Waals surface area contributed by atoms with Gasteiger partial charge in [-0.3, -0.25) is 9.11 Å². The zero-order valence-electron chi connectivity index (χ0n) is 13.3. The minimum atomic E-state index is -0.623. The van der Waals surface area contributed by atoms with E-state index in [4.69, 9.17) is 4.74 Å². The lowest BCUT2D eigenvalue weighted by atomic mass is 10.0. The Morgan fingerprint density at radius 1 is 1.25 bits per heavy atom. The lowest BCUT2D eigenvalue weighted by molar-refractivity contribution is 0.0830. The first kappa shape index (κ1) is 14.7. The Bertz CT molecular complexity index is 723. The molecule has 0 spiro atoms. The first-order chi connectivity index (χ1) is 11.6. The SMILES string of the molecule is O=C1O[C@@H](CO)[C@@H]2Cc3cc(N4CC5CS(=O)CC5C4)ccc3N12. The number of amides is 1. The number of anilines is 2. The van der Waals surface area contributed by atoms with Crippen LogP contribution in [-0.2, 0) is 22.0 Å². The number of fused-ring (bicyclic) bond motifs is 4. The summed E-state index contributed by atoms with van der Waals surface area (Å²) in [6.07, 6.45) is -0.0663. The maximum atomic E-state index is 12.0. The van der Waals surface area contributed by atoms with Crippen molar-refractivity contribution in [2.45, 2.75) is 18.6 Å². The fraction of sp³-hybridized carbons (Fsp3) is 0.588. The summed E-state index contributed by atoms with van der Waals surface area (Å²) in [5.41, 5.74) is 3.24. The molecule has 4 heterocycles. The number of nitrogens with zero attached hydrogens (tertiary/aromatic N) is 2. The zero-order valence-corrected chi connectivity index (χ0v) is 14.1. The van der Waals surface area contributed by atoms with Crippen LogP contribution in [0.5, 0.6) is 0 Å². The first-order valence-corrected chi connectivity index (χ1v) is 9.96. The monoisotopic (exact) mass is 348 g/mol. The molecule has 1 aromatic carbocycles. The van der Waals surface area contributed by atoms with Crippen LogP contribution in [0.1, 0.15) is 5.56 Å². The van der Waals surface area contributed by atoms with Gasteiger partial charge < -0.3 is 14.7 Å². The van der Waals surface area contributed by atoms with E-state index in [1.165, 1.54) is 5.69 Å². The van der Waals surface area contributed by atoms with E-state index < -0.39 is 16.9 Å². The normalized spacial score (nSPS) is 36.7. The Labute approximate surface area is 142 Å². The average molecular weight is 348 g/mol. The molecule has 6 nitrogen and oxygen atoms in total. The summed E-state index contributed by atoms with van der Waals surface area (Å²) in [7, 11) is -0.623. The highest BCUT2D eigenvalue weighted by Crippen LogP contribution is 2.41. The smallest absolute Gasteiger partial charge is 0.415 e. The molecule has 128 valence electrons. The Morgan fingerprint density at radius 2 is 2.00 bits per heavy atom. The van der Waals surface area contributed by atoms with Crippen molar-refractivity contribution in [2.24, 2.45) is 11.8 Å². The lowest BCUT2D eigenvalue weighted by Crippen LogP contribution is -2.34. The number of aliphatic hydroxyl groups is 1. The minimum Gasteiger partial charge on any atom is -0.441 e. The lowest BCUT2D eigenvalue weighted by Gasteiger charge is -2.21. The summed E-state index contributed by atoms with van der Waals surface area (Å²) in [5, 5.41) is 9.41. The van der Waals surface area contributed by atoms with Crippen molar-refractivity contribution in [2.75, 3.05) is 41.0 Å². The van der Waals surface area contributed by atoms with Crippen molar-refractivity contribution < 1.29 is 18.8 Å². The molecule has 4 aliphatic rings. The van der Waals surface area contributed by atoms with Crippen molar-refractivity contribution in [1.82, 2.24) is 0 Å². The molecule has 4 aliphatic heterocycles. The van der Waals surface area contributed by atoms with Crippen LogP contribution in [0.3, 0.4) is 0 Å². The molecule has 0 aliphatic carbocycles. The summed E-state index contributed by atoms with van der Waals surface area (Å²) in [5.74, 6) is 2.78. The van der Waals surface area contributed by atoms with Gasteiger partial charge in [0.1, 0.15) is 6.10 Å². The molecule has 1 amide bonds. The predicted molar refractivity (Wildman–Crippen MR) is 90.8 cm³/mol. The molecule has 1 aromatic rings. The molecule has 4 atom stereocenters. The molecule has 0 bridgehead atoms. The predicted octanol–water partition coefficient (Wildman–Crippen LogP) is 0.743. The number of cyclic esters (lactones) is 1. The number of hydrogen-bond acceptors (Lipinski definition) is 5. The van der Waals surface area contributed by atoms with Crippen LogP contribution >= 0.6 is 0 Å². The maximum absolute atomic E-state index is 12.0. The van der Waals surface area contributed by atoms with Gasteiger partial charge in [-0.15, -0.1) is 0 Å². The second-order valence-electron chi connectivity index (χ2n) is 7.26. The van der Waals surface area contributed by atoms with Gasteiger partial charge in [-0.05, 0) is 42.0 Å². The second-order valence-corrected chi connectivity index (χ2v) is 8.80. The molecule has 3 fully saturated rings. The van der Waals surface area contributed by atoms with Gasteiger partial charge in [0.2, 0.25) is 0 Å². The van der Waals surface area contributed by atoms with E-state index in [-0.39, 0.29) is 18.7 Å². The molecular formula is C17H20N2O4S. The number of carbonyl (C=O) groups is 1. The molecule has 24 heavy (non-hydrogen) atoms. The molecule has 2 unspecified atom stereocenters. The summed E-state index contributed by atoms with van der Waals surface area (Å²) in [6.45, 7) is 1.81. The molecule has 0 radical (unpaired) electrons. The van der Waals surface area contributed by atoms with Gasteiger partial charge >= 0.3 is 6.09 Å². The van der Waals surface area contributed by atoms with Crippen LogP contribution in [0, 0.1) is 11.8 Å². The van der Waals surface area contributed by atoms with Gasteiger partial charge in [0, 0.05) is 41.1 Å². The largest absolute Gasteiger partial charge is 0.441 e. The fourth-order valence-corrected chi connectivity index (χ4v) is 6.54.